The van der Waals surface area contributed by atoms with Crippen molar-refractivity contribution in [1.82, 2.24) is 9.97 Å². The highest BCUT2D eigenvalue weighted by atomic mass is 14.8. The molecule has 266 valence electrons. The van der Waals surface area contributed by atoms with Crippen LogP contribution in [0.25, 0.3) is 66.3 Å². The second-order valence-corrected chi connectivity index (χ2v) is 15.4. The van der Waals surface area contributed by atoms with Gasteiger partial charge in [-0.3, -0.25) is 0 Å². The van der Waals surface area contributed by atoms with Crippen molar-refractivity contribution in [2.45, 2.75) is 37.5 Å². The van der Waals surface area contributed by atoms with E-state index in [9.17, 15) is 0 Å². The first-order chi connectivity index (χ1) is 27.7. The van der Waals surface area contributed by atoms with E-state index in [2.05, 4.69) is 196 Å². The molecule has 2 nitrogen and oxygen atoms in total. The Labute approximate surface area is 328 Å². The van der Waals surface area contributed by atoms with Crippen LogP contribution < -0.4 is 0 Å². The van der Waals surface area contributed by atoms with E-state index in [1.54, 1.807) is 0 Å². The SMILES string of the molecule is CCC1(c2cc(-c3ccccc3)c3ccc4c(-c5ccccc5)cc(C5(CC)c6ccccc6-c6ccccc65)nc4c3n2)c2ccccc2-c2ccccc21. The van der Waals surface area contributed by atoms with Crippen LogP contribution in [0.2, 0.25) is 0 Å². The number of rotatable bonds is 6. The predicted octanol–water partition coefficient (Wildman–Crippen LogP) is 13.6. The minimum Gasteiger partial charge on any atom is -0.249 e. The van der Waals surface area contributed by atoms with Gasteiger partial charge < -0.3 is 0 Å². The molecular formula is C54H40N2. The van der Waals surface area contributed by atoms with Crippen molar-refractivity contribution in [3.8, 4) is 44.5 Å². The van der Waals surface area contributed by atoms with Gasteiger partial charge in [-0.1, -0.05) is 184 Å². The second-order valence-electron chi connectivity index (χ2n) is 15.4. The van der Waals surface area contributed by atoms with E-state index in [4.69, 9.17) is 9.97 Å². The average Bonchev–Trinajstić information content (AvgIpc) is 3.74. The molecule has 2 heterocycles. The highest BCUT2D eigenvalue weighted by Gasteiger charge is 2.46. The van der Waals surface area contributed by atoms with Gasteiger partial charge in [-0.15, -0.1) is 0 Å². The van der Waals surface area contributed by atoms with Gasteiger partial charge in [-0.2, -0.15) is 0 Å². The normalized spacial score (nSPS) is 14.3. The molecule has 0 bridgehead atoms. The number of fused-ring (bicyclic) bond motifs is 9. The van der Waals surface area contributed by atoms with E-state index in [0.29, 0.717) is 0 Å². The summed E-state index contributed by atoms with van der Waals surface area (Å²) < 4.78 is 0. The summed E-state index contributed by atoms with van der Waals surface area (Å²) >= 11 is 0. The van der Waals surface area contributed by atoms with Crippen LogP contribution in [0.3, 0.4) is 0 Å². The molecule has 0 amide bonds. The maximum absolute atomic E-state index is 5.89. The van der Waals surface area contributed by atoms with E-state index < -0.39 is 10.8 Å². The molecule has 0 saturated carbocycles. The molecule has 0 saturated heterocycles. The summed E-state index contributed by atoms with van der Waals surface area (Å²) in [6, 6.07) is 66.8. The van der Waals surface area contributed by atoms with Gasteiger partial charge >= 0.3 is 0 Å². The first kappa shape index (κ1) is 32.8. The average molecular weight is 717 g/mol. The Morgan fingerprint density at radius 2 is 0.643 bits per heavy atom. The third kappa shape index (κ3) is 4.38. The smallest absolute Gasteiger partial charge is 0.0975 e. The molecular weight excluding hydrogens is 677 g/mol. The van der Waals surface area contributed by atoms with Gasteiger partial charge in [0.05, 0.1) is 33.3 Å². The van der Waals surface area contributed by atoms with E-state index in [1.165, 1.54) is 66.8 Å². The Morgan fingerprint density at radius 3 is 0.964 bits per heavy atom. The van der Waals surface area contributed by atoms with Gasteiger partial charge in [-0.05, 0) is 91.7 Å². The Kier molecular flexibility index (Phi) is 7.28. The predicted molar refractivity (Wildman–Crippen MR) is 232 cm³/mol. The molecule has 0 spiro atoms. The molecule has 2 aliphatic carbocycles. The summed E-state index contributed by atoms with van der Waals surface area (Å²) in [4.78, 5) is 11.8. The Bertz CT molecular complexity index is 2700. The minimum atomic E-state index is -0.430. The number of hydrogen-bond donors (Lipinski definition) is 0. The maximum atomic E-state index is 5.89. The standard InChI is InChI=1S/C54H40N2/c1-3-53(45-27-15-11-23-37(45)38-24-12-16-28-46(38)53)49-33-43(35-19-7-5-8-20-35)41-31-32-42-44(36-21-9-6-10-22-36)34-50(56-52(42)51(41)55-49)54(4-2)47-29-17-13-25-39(47)40-26-14-18-30-48(40)54/h5-34H,3-4H2,1-2H3. The number of pyridine rings is 2. The van der Waals surface area contributed by atoms with Gasteiger partial charge in [0, 0.05) is 10.8 Å². The first-order valence-electron chi connectivity index (χ1n) is 20.0. The Hall–Kier alpha value is -6.64. The van der Waals surface area contributed by atoms with Crippen molar-refractivity contribution in [3.63, 3.8) is 0 Å². The fourth-order valence-electron chi connectivity index (χ4n) is 10.5. The number of nitrogens with zero attached hydrogens (tertiary/aromatic N) is 2. The molecule has 2 heteroatoms. The first-order valence-corrected chi connectivity index (χ1v) is 20.0. The van der Waals surface area contributed by atoms with Crippen LogP contribution in [-0.4, -0.2) is 9.97 Å². The quantitative estimate of drug-likeness (QED) is 0.160. The molecule has 9 aromatic rings. The zero-order valence-corrected chi connectivity index (χ0v) is 31.6. The zero-order chi connectivity index (χ0) is 37.4. The highest BCUT2D eigenvalue weighted by molar-refractivity contribution is 6.12. The van der Waals surface area contributed by atoms with Gasteiger partial charge in [0.1, 0.15) is 0 Å². The van der Waals surface area contributed by atoms with Crippen molar-refractivity contribution >= 4 is 21.8 Å². The fourth-order valence-corrected chi connectivity index (χ4v) is 10.5. The van der Waals surface area contributed by atoms with E-state index in [0.717, 1.165) is 46.0 Å². The number of hydrogen-bond acceptors (Lipinski definition) is 2. The summed E-state index contributed by atoms with van der Waals surface area (Å²) in [5.74, 6) is 0. The lowest BCUT2D eigenvalue weighted by Gasteiger charge is -2.32. The largest absolute Gasteiger partial charge is 0.249 e. The molecule has 2 aromatic heterocycles. The van der Waals surface area contributed by atoms with Crippen molar-refractivity contribution < 1.29 is 0 Å². The molecule has 7 aromatic carbocycles. The van der Waals surface area contributed by atoms with Crippen molar-refractivity contribution in [2.75, 3.05) is 0 Å². The van der Waals surface area contributed by atoms with Crippen LogP contribution in [0.1, 0.15) is 60.3 Å². The fraction of sp³-hybridized carbons (Fsp3) is 0.111. The molecule has 0 radical (unpaired) electrons. The summed E-state index contributed by atoms with van der Waals surface area (Å²) in [7, 11) is 0. The topological polar surface area (TPSA) is 25.8 Å². The van der Waals surface area contributed by atoms with Crippen LogP contribution in [0.15, 0.2) is 182 Å². The zero-order valence-electron chi connectivity index (χ0n) is 31.6. The molecule has 0 unspecified atom stereocenters. The van der Waals surface area contributed by atoms with Crippen LogP contribution in [0.5, 0.6) is 0 Å². The third-order valence-electron chi connectivity index (χ3n) is 13.0. The van der Waals surface area contributed by atoms with E-state index >= 15 is 0 Å². The van der Waals surface area contributed by atoms with Crippen LogP contribution in [0, 0.1) is 0 Å². The maximum Gasteiger partial charge on any atom is 0.0975 e. The summed E-state index contributed by atoms with van der Waals surface area (Å²) in [6.45, 7) is 4.64. The molecule has 56 heavy (non-hydrogen) atoms. The third-order valence-corrected chi connectivity index (χ3v) is 13.0. The molecule has 0 fully saturated rings. The van der Waals surface area contributed by atoms with Crippen molar-refractivity contribution in [1.29, 1.82) is 0 Å². The number of benzene rings is 7. The Morgan fingerprint density at radius 1 is 0.339 bits per heavy atom. The van der Waals surface area contributed by atoms with Crippen molar-refractivity contribution in [3.05, 3.63) is 216 Å². The lowest BCUT2D eigenvalue weighted by atomic mass is 9.72. The van der Waals surface area contributed by atoms with Gasteiger partial charge in [0.2, 0.25) is 0 Å². The van der Waals surface area contributed by atoms with E-state index in [1.807, 2.05) is 0 Å². The molecule has 0 N–H and O–H groups in total. The lowest BCUT2D eigenvalue weighted by molar-refractivity contribution is 0.591. The Balaban J connectivity index is 1.30. The van der Waals surface area contributed by atoms with Gasteiger partial charge in [0.25, 0.3) is 0 Å². The highest BCUT2D eigenvalue weighted by Crippen LogP contribution is 2.56. The molecule has 2 aliphatic rings. The van der Waals surface area contributed by atoms with Crippen LogP contribution in [0.4, 0.5) is 0 Å². The van der Waals surface area contributed by atoms with Gasteiger partial charge in [0.15, 0.2) is 0 Å². The molecule has 0 aliphatic heterocycles. The second kappa shape index (κ2) is 12.4. The van der Waals surface area contributed by atoms with Crippen LogP contribution >= 0.6 is 0 Å². The number of aromatic nitrogens is 2. The van der Waals surface area contributed by atoms with Crippen LogP contribution in [-0.2, 0) is 10.8 Å². The van der Waals surface area contributed by atoms with Gasteiger partial charge in [-0.25, -0.2) is 9.97 Å². The minimum absolute atomic E-state index is 0.430. The summed E-state index contributed by atoms with van der Waals surface area (Å²) in [6.07, 6.45) is 1.75. The van der Waals surface area contributed by atoms with E-state index in [-0.39, 0.29) is 0 Å². The summed E-state index contributed by atoms with van der Waals surface area (Å²) in [5.41, 5.74) is 18.3. The van der Waals surface area contributed by atoms with Crippen molar-refractivity contribution in [2.24, 2.45) is 0 Å². The molecule has 0 atom stereocenters. The monoisotopic (exact) mass is 716 g/mol. The summed E-state index contributed by atoms with van der Waals surface area (Å²) in [5, 5.41) is 2.22. The molecule has 11 rings (SSSR count). The lowest BCUT2D eigenvalue weighted by Crippen LogP contribution is -2.28.